The fourth-order valence-electron chi connectivity index (χ4n) is 3.27. The molecule has 26 heavy (non-hydrogen) atoms. The number of carbonyl (C=O) groups is 1. The lowest BCUT2D eigenvalue weighted by atomic mass is 10.1. The number of amides is 1. The van der Waals surface area contributed by atoms with E-state index in [1.165, 1.54) is 24.6 Å². The summed E-state index contributed by atoms with van der Waals surface area (Å²) < 4.78 is 5.88. The van der Waals surface area contributed by atoms with Crippen molar-refractivity contribution in [3.63, 3.8) is 0 Å². The molecule has 0 unspecified atom stereocenters. The second kappa shape index (κ2) is 7.03. The van der Waals surface area contributed by atoms with E-state index >= 15 is 0 Å². The van der Waals surface area contributed by atoms with Crippen molar-refractivity contribution in [2.24, 2.45) is 4.99 Å². The zero-order valence-electron chi connectivity index (χ0n) is 14.9. The molecular weight excluding hydrogens is 346 g/mol. The van der Waals surface area contributed by atoms with Crippen LogP contribution in [0.1, 0.15) is 29.7 Å². The molecule has 2 aliphatic rings. The highest BCUT2D eigenvalue weighted by Gasteiger charge is 2.24. The Kier molecular flexibility index (Phi) is 4.59. The van der Waals surface area contributed by atoms with Crippen LogP contribution in [0.5, 0.6) is 0 Å². The maximum absolute atomic E-state index is 12.2. The van der Waals surface area contributed by atoms with Gasteiger partial charge in [-0.1, -0.05) is 6.07 Å². The molecule has 2 aromatic rings. The number of carbonyl (C=O) groups excluding carboxylic acids is 1. The molecule has 1 amide bonds. The van der Waals surface area contributed by atoms with E-state index in [1.54, 1.807) is 6.08 Å². The summed E-state index contributed by atoms with van der Waals surface area (Å²) in [6.07, 6.45) is 4.19. The van der Waals surface area contributed by atoms with Gasteiger partial charge in [-0.15, -0.1) is 0 Å². The summed E-state index contributed by atoms with van der Waals surface area (Å²) in [5, 5.41) is 3.42. The van der Waals surface area contributed by atoms with E-state index in [2.05, 4.69) is 21.3 Å². The lowest BCUT2D eigenvalue weighted by Crippen LogP contribution is -2.19. The van der Waals surface area contributed by atoms with E-state index in [4.69, 9.17) is 4.42 Å². The lowest BCUT2D eigenvalue weighted by molar-refractivity contribution is -0.115. The standard InChI is InChI=1S/C20H21N3O2S/c1-13-9-14(2)11-15(10-13)21-20-22-19(24)17(26-20)12-16-5-6-18(25-16)23-7-3-4-8-23/h5-6,9-12H,3-4,7-8H2,1-2H3,(H,21,22,24). The molecule has 3 heterocycles. The van der Waals surface area contributed by atoms with Gasteiger partial charge in [0.2, 0.25) is 0 Å². The number of nitrogens with zero attached hydrogens (tertiary/aromatic N) is 2. The Morgan fingerprint density at radius 3 is 2.62 bits per heavy atom. The number of furan rings is 1. The molecule has 1 N–H and O–H groups in total. The number of aliphatic imine (C=N–C) groups is 1. The fraction of sp³-hybridized carbons (Fsp3) is 0.300. The molecule has 1 aromatic heterocycles. The van der Waals surface area contributed by atoms with Gasteiger partial charge in [0.25, 0.3) is 5.91 Å². The van der Waals surface area contributed by atoms with Crippen molar-refractivity contribution in [3.05, 3.63) is 52.1 Å². The summed E-state index contributed by atoms with van der Waals surface area (Å²) in [4.78, 5) is 19.6. The molecule has 0 spiro atoms. The molecule has 2 aliphatic heterocycles. The van der Waals surface area contributed by atoms with Gasteiger partial charge < -0.3 is 14.6 Å². The van der Waals surface area contributed by atoms with Crippen LogP contribution in [0, 0.1) is 13.8 Å². The normalized spacial score (nSPS) is 20.4. The van der Waals surface area contributed by atoms with Crippen LogP contribution in [0.3, 0.4) is 0 Å². The monoisotopic (exact) mass is 367 g/mol. The Hall–Kier alpha value is -2.47. The van der Waals surface area contributed by atoms with Crippen LogP contribution in [0.4, 0.5) is 11.6 Å². The highest BCUT2D eigenvalue weighted by Crippen LogP contribution is 2.30. The number of thioether (sulfide) groups is 1. The maximum atomic E-state index is 12.2. The van der Waals surface area contributed by atoms with Gasteiger partial charge in [-0.05, 0) is 67.8 Å². The van der Waals surface area contributed by atoms with Gasteiger partial charge in [0.05, 0.1) is 10.6 Å². The van der Waals surface area contributed by atoms with E-state index < -0.39 is 0 Å². The first kappa shape index (κ1) is 17.0. The van der Waals surface area contributed by atoms with E-state index in [9.17, 15) is 4.79 Å². The van der Waals surface area contributed by atoms with E-state index in [0.29, 0.717) is 15.8 Å². The van der Waals surface area contributed by atoms with Crippen molar-refractivity contribution in [2.75, 3.05) is 18.0 Å². The Balaban J connectivity index is 1.52. The number of anilines is 1. The van der Waals surface area contributed by atoms with Gasteiger partial charge in [0, 0.05) is 25.2 Å². The zero-order valence-corrected chi connectivity index (χ0v) is 15.7. The summed E-state index contributed by atoms with van der Waals surface area (Å²) in [7, 11) is 0. The summed E-state index contributed by atoms with van der Waals surface area (Å²) in [5.74, 6) is 1.43. The van der Waals surface area contributed by atoms with Gasteiger partial charge in [0.1, 0.15) is 5.76 Å². The van der Waals surface area contributed by atoms with Crippen molar-refractivity contribution in [2.45, 2.75) is 26.7 Å². The topological polar surface area (TPSA) is 57.8 Å². The van der Waals surface area contributed by atoms with E-state index in [1.807, 2.05) is 38.1 Å². The molecule has 0 saturated carbocycles. The first-order valence-electron chi connectivity index (χ1n) is 8.79. The molecule has 0 bridgehead atoms. The average Bonchev–Trinajstić information content (AvgIpc) is 3.29. The highest BCUT2D eigenvalue weighted by molar-refractivity contribution is 8.18. The van der Waals surface area contributed by atoms with E-state index in [-0.39, 0.29) is 5.91 Å². The molecular formula is C20H21N3O2S. The van der Waals surface area contributed by atoms with Crippen LogP contribution in [0.25, 0.3) is 6.08 Å². The molecule has 4 rings (SSSR count). The smallest absolute Gasteiger partial charge is 0.264 e. The van der Waals surface area contributed by atoms with E-state index in [0.717, 1.165) is 35.8 Å². The molecule has 0 radical (unpaired) electrons. The minimum absolute atomic E-state index is 0.141. The summed E-state index contributed by atoms with van der Waals surface area (Å²) in [5.41, 5.74) is 3.15. The van der Waals surface area contributed by atoms with Crippen LogP contribution in [-0.2, 0) is 4.79 Å². The Bertz CT molecular complexity index is 887. The van der Waals surface area contributed by atoms with Crippen molar-refractivity contribution < 1.29 is 9.21 Å². The lowest BCUT2D eigenvalue weighted by Gasteiger charge is -2.12. The number of amidine groups is 1. The first-order chi connectivity index (χ1) is 12.6. The summed E-state index contributed by atoms with van der Waals surface area (Å²) >= 11 is 1.34. The number of aryl methyl sites for hydroxylation is 2. The van der Waals surface area contributed by atoms with Gasteiger partial charge in [-0.3, -0.25) is 4.79 Å². The molecule has 134 valence electrons. The van der Waals surface area contributed by atoms with Crippen LogP contribution < -0.4 is 10.2 Å². The van der Waals surface area contributed by atoms with Crippen molar-refractivity contribution >= 4 is 40.5 Å². The van der Waals surface area contributed by atoms with Gasteiger partial charge in [-0.2, -0.15) is 0 Å². The summed E-state index contributed by atoms with van der Waals surface area (Å²) in [6.45, 7) is 6.14. The van der Waals surface area contributed by atoms with Crippen LogP contribution in [-0.4, -0.2) is 24.2 Å². The van der Waals surface area contributed by atoms with Gasteiger partial charge in [-0.25, -0.2) is 4.99 Å². The largest absolute Gasteiger partial charge is 0.441 e. The number of benzene rings is 1. The third-order valence-electron chi connectivity index (χ3n) is 4.39. The molecule has 6 heteroatoms. The predicted molar refractivity (Wildman–Crippen MR) is 107 cm³/mol. The predicted octanol–water partition coefficient (Wildman–Crippen LogP) is 4.39. The first-order valence-corrected chi connectivity index (χ1v) is 9.61. The Morgan fingerprint density at radius 2 is 1.88 bits per heavy atom. The molecule has 0 aliphatic carbocycles. The fourth-order valence-corrected chi connectivity index (χ4v) is 4.09. The minimum Gasteiger partial charge on any atom is -0.441 e. The van der Waals surface area contributed by atoms with Gasteiger partial charge in [0.15, 0.2) is 11.1 Å². The van der Waals surface area contributed by atoms with Gasteiger partial charge >= 0.3 is 0 Å². The number of hydrogen-bond acceptors (Lipinski definition) is 5. The van der Waals surface area contributed by atoms with Crippen molar-refractivity contribution in [1.82, 2.24) is 5.32 Å². The minimum atomic E-state index is -0.141. The quantitative estimate of drug-likeness (QED) is 0.818. The van der Waals surface area contributed by atoms with Crippen LogP contribution in [0.2, 0.25) is 0 Å². The molecule has 0 atom stereocenters. The highest BCUT2D eigenvalue weighted by atomic mass is 32.2. The van der Waals surface area contributed by atoms with Crippen LogP contribution >= 0.6 is 11.8 Å². The summed E-state index contributed by atoms with van der Waals surface area (Å²) in [6, 6.07) is 9.99. The second-order valence-corrected chi connectivity index (χ2v) is 7.73. The Labute approximate surface area is 157 Å². The van der Waals surface area contributed by atoms with Crippen LogP contribution in [0.15, 0.2) is 44.6 Å². The SMILES string of the molecule is Cc1cc(C)cc(N=C2NC(=O)C(=Cc3ccc(N4CCCC4)o3)S2)c1. The number of rotatable bonds is 3. The third kappa shape index (κ3) is 3.70. The number of nitrogens with one attached hydrogen (secondary N) is 1. The molecule has 2 saturated heterocycles. The average molecular weight is 367 g/mol. The molecule has 5 nitrogen and oxygen atoms in total. The maximum Gasteiger partial charge on any atom is 0.264 e. The molecule has 2 fully saturated rings. The Morgan fingerprint density at radius 1 is 1.15 bits per heavy atom. The second-order valence-electron chi connectivity index (χ2n) is 6.70. The molecule has 1 aromatic carbocycles. The third-order valence-corrected chi connectivity index (χ3v) is 5.30. The number of hydrogen-bond donors (Lipinski definition) is 1. The van der Waals surface area contributed by atoms with Crippen molar-refractivity contribution in [1.29, 1.82) is 0 Å². The van der Waals surface area contributed by atoms with Crippen molar-refractivity contribution in [3.8, 4) is 0 Å². The zero-order chi connectivity index (χ0) is 18.1.